The molecule has 1 aliphatic heterocycles. The molecule has 4 heterocycles. The first-order valence-electron chi connectivity index (χ1n) is 11.4. The van der Waals surface area contributed by atoms with Gasteiger partial charge in [-0.05, 0) is 49.9 Å². The van der Waals surface area contributed by atoms with Crippen molar-refractivity contribution >= 4 is 39.0 Å². The summed E-state index contributed by atoms with van der Waals surface area (Å²) in [6, 6.07) is 8.07. The van der Waals surface area contributed by atoms with Crippen molar-refractivity contribution in [2.45, 2.75) is 51.7 Å². The molecule has 33 heavy (non-hydrogen) atoms. The van der Waals surface area contributed by atoms with Crippen LogP contribution in [0, 0.1) is 6.92 Å². The molecular weight excluding hydrogens is 438 g/mol. The number of nitrogens with one attached hydrogen (secondary N) is 1. The summed E-state index contributed by atoms with van der Waals surface area (Å²) in [5.74, 6) is -0.124. The van der Waals surface area contributed by atoms with Gasteiger partial charge in [0, 0.05) is 36.8 Å². The van der Waals surface area contributed by atoms with Crippen LogP contribution in [0.3, 0.4) is 0 Å². The van der Waals surface area contributed by atoms with Crippen LogP contribution in [0.1, 0.15) is 58.9 Å². The molecule has 0 spiro atoms. The van der Waals surface area contributed by atoms with Crippen LogP contribution in [-0.4, -0.2) is 51.8 Å². The van der Waals surface area contributed by atoms with E-state index in [0.717, 1.165) is 72.6 Å². The Hall–Kier alpha value is -2.75. The highest BCUT2D eigenvalue weighted by molar-refractivity contribution is 7.21. The SMILES string of the molecule is CCCc1cc(N2CCC(NCC(O)c3cccc(C)n3)CC2)nc2sc(C(=O)O)c(N)c12. The molecule has 0 amide bonds. The van der Waals surface area contributed by atoms with Crippen LogP contribution < -0.4 is 16.0 Å². The van der Waals surface area contributed by atoms with E-state index < -0.39 is 12.1 Å². The lowest BCUT2D eigenvalue weighted by Gasteiger charge is -2.34. The maximum atomic E-state index is 11.6. The quantitative estimate of drug-likeness (QED) is 0.395. The van der Waals surface area contributed by atoms with Crippen LogP contribution in [0.15, 0.2) is 24.3 Å². The van der Waals surface area contributed by atoms with Gasteiger partial charge in [-0.25, -0.2) is 9.78 Å². The Morgan fingerprint density at radius 2 is 2.09 bits per heavy atom. The van der Waals surface area contributed by atoms with E-state index in [9.17, 15) is 15.0 Å². The van der Waals surface area contributed by atoms with Gasteiger partial charge in [0.1, 0.15) is 21.6 Å². The van der Waals surface area contributed by atoms with E-state index in [0.29, 0.717) is 28.8 Å². The third-order valence-electron chi connectivity index (χ3n) is 6.15. The lowest BCUT2D eigenvalue weighted by Crippen LogP contribution is -2.44. The number of nitrogen functional groups attached to an aromatic ring is 1. The number of hydrogen-bond acceptors (Lipinski definition) is 8. The number of aliphatic hydroxyl groups is 1. The first kappa shape index (κ1) is 23.4. The molecule has 3 aromatic heterocycles. The van der Waals surface area contributed by atoms with Crippen molar-refractivity contribution < 1.29 is 15.0 Å². The molecule has 4 rings (SSSR count). The number of pyridine rings is 2. The number of thiophene rings is 1. The topological polar surface area (TPSA) is 125 Å². The van der Waals surface area contributed by atoms with Crippen molar-refractivity contribution in [3.63, 3.8) is 0 Å². The zero-order valence-electron chi connectivity index (χ0n) is 19.0. The second-order valence-corrected chi connectivity index (χ2v) is 9.61. The number of aliphatic hydroxyl groups excluding tert-OH is 1. The molecule has 3 aromatic rings. The van der Waals surface area contributed by atoms with Gasteiger partial charge in [-0.2, -0.15) is 0 Å². The number of carboxylic acids is 1. The maximum absolute atomic E-state index is 11.6. The van der Waals surface area contributed by atoms with Crippen molar-refractivity contribution in [3.8, 4) is 0 Å². The summed E-state index contributed by atoms with van der Waals surface area (Å²) in [6.45, 7) is 6.17. The first-order chi connectivity index (χ1) is 15.9. The summed E-state index contributed by atoms with van der Waals surface area (Å²) in [5, 5.41) is 24.2. The van der Waals surface area contributed by atoms with Crippen molar-refractivity contribution in [1.82, 2.24) is 15.3 Å². The Kier molecular flexibility index (Phi) is 7.11. The summed E-state index contributed by atoms with van der Waals surface area (Å²) in [6.07, 6.45) is 3.01. The van der Waals surface area contributed by atoms with Gasteiger partial charge >= 0.3 is 5.97 Å². The molecule has 9 heteroatoms. The molecule has 1 fully saturated rings. The average molecular weight is 470 g/mol. The Bertz CT molecular complexity index is 1140. The fraction of sp³-hybridized carbons (Fsp3) is 0.458. The molecular formula is C24H31N5O3S. The van der Waals surface area contributed by atoms with Crippen LogP contribution in [0.4, 0.5) is 11.5 Å². The van der Waals surface area contributed by atoms with Crippen molar-refractivity contribution in [1.29, 1.82) is 0 Å². The number of fused-ring (bicyclic) bond motifs is 1. The van der Waals surface area contributed by atoms with Crippen LogP contribution in [0.25, 0.3) is 10.2 Å². The third kappa shape index (κ3) is 5.10. The summed E-state index contributed by atoms with van der Waals surface area (Å²) >= 11 is 1.15. The third-order valence-corrected chi connectivity index (χ3v) is 7.24. The molecule has 0 aliphatic carbocycles. The van der Waals surface area contributed by atoms with E-state index in [1.807, 2.05) is 25.1 Å². The molecule has 8 nitrogen and oxygen atoms in total. The molecule has 0 aromatic carbocycles. The van der Waals surface area contributed by atoms with E-state index in [4.69, 9.17) is 10.7 Å². The number of nitrogens with two attached hydrogens (primary N) is 1. The molecule has 1 unspecified atom stereocenters. The number of aryl methyl sites for hydroxylation is 2. The maximum Gasteiger partial charge on any atom is 0.348 e. The number of aromatic nitrogens is 2. The van der Waals surface area contributed by atoms with Crippen LogP contribution in [0.2, 0.25) is 0 Å². The minimum Gasteiger partial charge on any atom is -0.477 e. The van der Waals surface area contributed by atoms with Crippen LogP contribution in [-0.2, 0) is 6.42 Å². The smallest absolute Gasteiger partial charge is 0.348 e. The predicted molar refractivity (Wildman–Crippen MR) is 132 cm³/mol. The largest absolute Gasteiger partial charge is 0.477 e. The van der Waals surface area contributed by atoms with Gasteiger partial charge in [-0.1, -0.05) is 19.4 Å². The highest BCUT2D eigenvalue weighted by Gasteiger charge is 2.24. The fourth-order valence-corrected chi connectivity index (χ4v) is 5.39. The second-order valence-electron chi connectivity index (χ2n) is 8.61. The number of aromatic carboxylic acids is 1. The van der Waals surface area contributed by atoms with Gasteiger partial charge < -0.3 is 26.2 Å². The molecule has 5 N–H and O–H groups in total. The lowest BCUT2D eigenvalue weighted by molar-refractivity contribution is 0.0703. The highest BCUT2D eigenvalue weighted by atomic mass is 32.1. The molecule has 176 valence electrons. The van der Waals surface area contributed by atoms with Crippen molar-refractivity contribution in [2.75, 3.05) is 30.3 Å². The first-order valence-corrected chi connectivity index (χ1v) is 12.2. The minimum atomic E-state index is -1.01. The number of carbonyl (C=O) groups is 1. The van der Waals surface area contributed by atoms with Crippen molar-refractivity contribution in [2.24, 2.45) is 0 Å². The summed E-state index contributed by atoms with van der Waals surface area (Å²) in [7, 11) is 0. The standard InChI is InChI=1S/C24H31N5O3S/c1-3-5-15-12-19(28-23-20(15)21(25)22(33-23)24(31)32)29-10-8-16(9-11-29)26-13-18(30)17-7-4-6-14(2)27-17/h4,6-7,12,16,18,26,30H,3,5,8-11,13,25H2,1-2H3,(H,31,32). The molecule has 1 aliphatic rings. The van der Waals surface area contributed by atoms with Crippen LogP contribution in [0.5, 0.6) is 0 Å². The van der Waals surface area contributed by atoms with E-state index >= 15 is 0 Å². The number of rotatable bonds is 8. The predicted octanol–water partition coefficient (Wildman–Crippen LogP) is 3.52. The van der Waals surface area contributed by atoms with E-state index in [2.05, 4.69) is 28.2 Å². The zero-order valence-corrected chi connectivity index (χ0v) is 19.9. The highest BCUT2D eigenvalue weighted by Crippen LogP contribution is 2.37. The number of anilines is 2. The molecule has 1 atom stereocenters. The number of carboxylic acid groups (broad SMARTS) is 1. The number of piperidine rings is 1. The van der Waals surface area contributed by atoms with Crippen molar-refractivity contribution in [3.05, 3.63) is 46.1 Å². The Labute approximate surface area is 197 Å². The molecule has 0 radical (unpaired) electrons. The average Bonchev–Trinajstić information content (AvgIpc) is 3.15. The summed E-state index contributed by atoms with van der Waals surface area (Å²) in [4.78, 5) is 23.9. The second kappa shape index (κ2) is 10.0. The van der Waals surface area contributed by atoms with E-state index in [1.54, 1.807) is 0 Å². The fourth-order valence-electron chi connectivity index (χ4n) is 4.42. The Morgan fingerprint density at radius 3 is 2.76 bits per heavy atom. The van der Waals surface area contributed by atoms with Crippen LogP contribution >= 0.6 is 11.3 Å². The van der Waals surface area contributed by atoms with Gasteiger partial charge in [-0.15, -0.1) is 11.3 Å². The van der Waals surface area contributed by atoms with Gasteiger partial charge in [0.05, 0.1) is 11.4 Å². The molecule has 0 bridgehead atoms. The van der Waals surface area contributed by atoms with Gasteiger partial charge in [0.15, 0.2) is 0 Å². The zero-order chi connectivity index (χ0) is 23.5. The number of hydrogen-bond donors (Lipinski definition) is 4. The summed E-state index contributed by atoms with van der Waals surface area (Å²) in [5.41, 5.74) is 9.15. The van der Waals surface area contributed by atoms with E-state index in [1.165, 1.54) is 0 Å². The van der Waals surface area contributed by atoms with E-state index in [-0.39, 0.29) is 4.88 Å². The minimum absolute atomic E-state index is 0.163. The number of nitrogens with zero attached hydrogens (tertiary/aromatic N) is 3. The monoisotopic (exact) mass is 469 g/mol. The Morgan fingerprint density at radius 1 is 1.33 bits per heavy atom. The van der Waals surface area contributed by atoms with Gasteiger partial charge in [0.2, 0.25) is 0 Å². The Balaban J connectivity index is 1.42. The summed E-state index contributed by atoms with van der Waals surface area (Å²) < 4.78 is 0. The van der Waals surface area contributed by atoms with Gasteiger partial charge in [0.25, 0.3) is 0 Å². The lowest BCUT2D eigenvalue weighted by atomic mass is 10.0. The molecule has 1 saturated heterocycles. The normalized spacial score (nSPS) is 15.8. The van der Waals surface area contributed by atoms with Gasteiger partial charge in [-0.3, -0.25) is 4.98 Å². The molecule has 0 saturated carbocycles.